The molecule has 0 fully saturated rings. The topological polar surface area (TPSA) is 103 Å². The van der Waals surface area contributed by atoms with Gasteiger partial charge in [-0.05, 0) is 29.8 Å². The molecular formula is C16H14Cl2N4O3. The number of phenolic OH excluding ortho intramolecular Hbond substituents is 1. The van der Waals surface area contributed by atoms with Crippen molar-refractivity contribution in [2.45, 2.75) is 0 Å². The van der Waals surface area contributed by atoms with Crippen molar-refractivity contribution in [1.29, 1.82) is 0 Å². The molecule has 2 aromatic rings. The fourth-order valence-corrected chi connectivity index (χ4v) is 2.10. The van der Waals surface area contributed by atoms with Gasteiger partial charge in [-0.15, -0.1) is 0 Å². The number of rotatable bonds is 5. The second-order valence-corrected chi connectivity index (χ2v) is 5.58. The number of hydrogen-bond donors (Lipinski definition) is 4. The van der Waals surface area contributed by atoms with Crippen LogP contribution in [0.3, 0.4) is 0 Å². The highest BCUT2D eigenvalue weighted by Gasteiger charge is 2.09. The molecule has 0 aromatic heterocycles. The Labute approximate surface area is 153 Å². The van der Waals surface area contributed by atoms with Gasteiger partial charge in [0.2, 0.25) is 0 Å². The van der Waals surface area contributed by atoms with E-state index in [9.17, 15) is 14.7 Å². The average Bonchev–Trinajstić information content (AvgIpc) is 2.57. The molecule has 130 valence electrons. The highest BCUT2D eigenvalue weighted by molar-refractivity contribution is 6.43. The van der Waals surface area contributed by atoms with Gasteiger partial charge in [0.1, 0.15) is 12.3 Å². The monoisotopic (exact) mass is 380 g/mol. The molecule has 7 nitrogen and oxygen atoms in total. The van der Waals surface area contributed by atoms with Crippen LogP contribution in [0.5, 0.6) is 5.75 Å². The molecule has 2 rings (SSSR count). The van der Waals surface area contributed by atoms with Crippen LogP contribution >= 0.6 is 23.2 Å². The molecule has 0 heterocycles. The lowest BCUT2D eigenvalue weighted by Gasteiger charge is -2.09. The second-order valence-electron chi connectivity index (χ2n) is 4.80. The number of nitrogens with zero attached hydrogens (tertiary/aromatic N) is 1. The summed E-state index contributed by atoms with van der Waals surface area (Å²) in [6, 6.07) is 10.5. The van der Waals surface area contributed by atoms with Gasteiger partial charge in [0.05, 0.1) is 21.9 Å². The number of aromatic hydroxyl groups is 1. The van der Waals surface area contributed by atoms with Crippen LogP contribution in [0.4, 0.5) is 10.5 Å². The Kier molecular flexibility index (Phi) is 6.62. The predicted molar refractivity (Wildman–Crippen MR) is 97.3 cm³/mol. The maximum atomic E-state index is 11.7. The summed E-state index contributed by atoms with van der Waals surface area (Å²) >= 11 is 11.8. The van der Waals surface area contributed by atoms with E-state index in [1.807, 2.05) is 0 Å². The summed E-state index contributed by atoms with van der Waals surface area (Å²) < 4.78 is 0. The lowest BCUT2D eigenvalue weighted by molar-refractivity contribution is -0.120. The highest BCUT2D eigenvalue weighted by atomic mass is 35.5. The van der Waals surface area contributed by atoms with E-state index < -0.39 is 11.9 Å². The number of halogens is 2. The van der Waals surface area contributed by atoms with Gasteiger partial charge in [-0.1, -0.05) is 41.4 Å². The number of carbonyl (C=O) groups is 2. The van der Waals surface area contributed by atoms with Crippen molar-refractivity contribution in [1.82, 2.24) is 10.7 Å². The molecule has 0 aliphatic heterocycles. The van der Waals surface area contributed by atoms with Gasteiger partial charge in [-0.25, -0.2) is 10.2 Å². The molecule has 0 aliphatic carbocycles. The summed E-state index contributed by atoms with van der Waals surface area (Å²) in [6.45, 7) is -0.290. The number of urea groups is 1. The number of hydrogen-bond acceptors (Lipinski definition) is 4. The molecule has 0 saturated carbocycles. The molecule has 0 bridgehead atoms. The molecule has 0 spiro atoms. The highest BCUT2D eigenvalue weighted by Crippen LogP contribution is 2.29. The van der Waals surface area contributed by atoms with Crippen LogP contribution in [-0.2, 0) is 4.79 Å². The normalized spacial score (nSPS) is 10.5. The first kappa shape index (κ1) is 18.6. The van der Waals surface area contributed by atoms with E-state index in [2.05, 4.69) is 21.2 Å². The molecule has 0 aliphatic rings. The standard InChI is InChI=1S/C16H14Cl2N4O3/c17-12-5-2-6-13(15(12)18)21-16(25)19-9-14(24)22-20-8-10-3-1-4-11(23)7-10/h1-8,23H,9H2,(H,22,24)(H2,19,21,25). The lowest BCUT2D eigenvalue weighted by Crippen LogP contribution is -2.37. The van der Waals surface area contributed by atoms with Crippen LogP contribution in [0, 0.1) is 0 Å². The zero-order valence-electron chi connectivity index (χ0n) is 12.8. The maximum absolute atomic E-state index is 11.7. The van der Waals surface area contributed by atoms with Gasteiger partial charge in [0.25, 0.3) is 5.91 Å². The van der Waals surface area contributed by atoms with Crippen LogP contribution in [-0.4, -0.2) is 29.8 Å². The molecule has 3 amide bonds. The zero-order valence-corrected chi connectivity index (χ0v) is 14.3. The van der Waals surface area contributed by atoms with Crippen molar-refractivity contribution in [2.24, 2.45) is 5.10 Å². The van der Waals surface area contributed by atoms with Gasteiger partial charge in [-0.2, -0.15) is 5.10 Å². The van der Waals surface area contributed by atoms with Crippen LogP contribution in [0.15, 0.2) is 47.6 Å². The number of phenols is 1. The van der Waals surface area contributed by atoms with Crippen LogP contribution in [0.2, 0.25) is 10.0 Å². The molecule has 9 heteroatoms. The molecule has 0 radical (unpaired) electrons. The van der Waals surface area contributed by atoms with Crippen LogP contribution in [0.25, 0.3) is 0 Å². The molecule has 0 saturated heterocycles. The van der Waals surface area contributed by atoms with E-state index in [1.165, 1.54) is 18.3 Å². The fourth-order valence-electron chi connectivity index (χ4n) is 1.75. The van der Waals surface area contributed by atoms with Crippen LogP contribution in [0.1, 0.15) is 5.56 Å². The summed E-state index contributed by atoms with van der Waals surface area (Å²) in [6.07, 6.45) is 1.36. The Bertz CT molecular complexity index is 812. The number of hydrazone groups is 1. The van der Waals surface area contributed by atoms with Crippen molar-refractivity contribution in [2.75, 3.05) is 11.9 Å². The Hall–Kier alpha value is -2.77. The SMILES string of the molecule is O=C(CNC(=O)Nc1cccc(Cl)c1Cl)NN=Cc1cccc(O)c1. The first-order valence-electron chi connectivity index (χ1n) is 7.05. The lowest BCUT2D eigenvalue weighted by atomic mass is 10.2. The number of anilines is 1. The summed E-state index contributed by atoms with van der Waals surface area (Å²) in [5.41, 5.74) is 3.19. The Morgan fingerprint density at radius 2 is 1.92 bits per heavy atom. The van der Waals surface area contributed by atoms with Gasteiger partial charge in [-0.3, -0.25) is 4.79 Å². The largest absolute Gasteiger partial charge is 0.508 e. The van der Waals surface area contributed by atoms with Crippen molar-refractivity contribution in [3.05, 3.63) is 58.1 Å². The van der Waals surface area contributed by atoms with E-state index >= 15 is 0 Å². The van der Waals surface area contributed by atoms with E-state index in [1.54, 1.807) is 30.3 Å². The number of benzene rings is 2. The fraction of sp³-hybridized carbons (Fsp3) is 0.0625. The van der Waals surface area contributed by atoms with Crippen molar-refractivity contribution < 1.29 is 14.7 Å². The maximum Gasteiger partial charge on any atom is 0.319 e. The summed E-state index contributed by atoms with van der Waals surface area (Å²) in [4.78, 5) is 23.4. The summed E-state index contributed by atoms with van der Waals surface area (Å²) in [7, 11) is 0. The molecular weight excluding hydrogens is 367 g/mol. The van der Waals surface area contributed by atoms with Crippen LogP contribution < -0.4 is 16.1 Å². The van der Waals surface area contributed by atoms with Gasteiger partial charge >= 0.3 is 6.03 Å². The average molecular weight is 381 g/mol. The van der Waals surface area contributed by atoms with Gasteiger partial charge < -0.3 is 15.7 Å². The minimum Gasteiger partial charge on any atom is -0.508 e. The number of amides is 3. The zero-order chi connectivity index (χ0) is 18.2. The van der Waals surface area contributed by atoms with Gasteiger partial charge in [0.15, 0.2) is 0 Å². The molecule has 2 aromatic carbocycles. The minimum absolute atomic E-state index is 0.0910. The minimum atomic E-state index is -0.615. The Morgan fingerprint density at radius 3 is 2.68 bits per heavy atom. The number of nitrogens with one attached hydrogen (secondary N) is 3. The summed E-state index contributed by atoms with van der Waals surface area (Å²) in [5, 5.41) is 18.4. The number of carbonyl (C=O) groups excluding carboxylic acids is 2. The van der Waals surface area contributed by atoms with Crippen molar-refractivity contribution in [3.63, 3.8) is 0 Å². The second kappa shape index (κ2) is 8.91. The molecule has 0 atom stereocenters. The first-order valence-corrected chi connectivity index (χ1v) is 7.81. The van der Waals surface area contributed by atoms with E-state index in [0.717, 1.165) is 0 Å². The Balaban J connectivity index is 1.77. The third kappa shape index (κ3) is 5.98. The molecule has 4 N–H and O–H groups in total. The van der Waals surface area contributed by atoms with E-state index in [-0.39, 0.29) is 17.3 Å². The van der Waals surface area contributed by atoms with E-state index in [4.69, 9.17) is 23.2 Å². The molecule has 25 heavy (non-hydrogen) atoms. The predicted octanol–water partition coefficient (Wildman–Crippen LogP) is 2.97. The summed E-state index contributed by atoms with van der Waals surface area (Å²) in [5.74, 6) is -0.433. The Morgan fingerprint density at radius 1 is 1.16 bits per heavy atom. The van der Waals surface area contributed by atoms with E-state index in [0.29, 0.717) is 16.3 Å². The third-order valence-electron chi connectivity index (χ3n) is 2.88. The van der Waals surface area contributed by atoms with Gasteiger partial charge in [0, 0.05) is 0 Å². The smallest absolute Gasteiger partial charge is 0.319 e. The third-order valence-corrected chi connectivity index (χ3v) is 3.70. The molecule has 0 unspecified atom stereocenters. The first-order chi connectivity index (χ1) is 12.0. The van der Waals surface area contributed by atoms with Crippen molar-refractivity contribution >= 4 is 47.0 Å². The quantitative estimate of drug-likeness (QED) is 0.473. The van der Waals surface area contributed by atoms with Crippen molar-refractivity contribution in [3.8, 4) is 5.75 Å².